The molecule has 2 saturated heterocycles. The van der Waals surface area contributed by atoms with E-state index in [1.165, 1.54) is 17.5 Å². The molecule has 0 amide bonds. The summed E-state index contributed by atoms with van der Waals surface area (Å²) in [4.78, 5) is 30.6. The molecule has 0 bridgehead atoms. The largest absolute Gasteiger partial charge is 0.486 e. The molecule has 1 atom stereocenters. The molecule has 0 unspecified atom stereocenters. The first-order valence-corrected chi connectivity index (χ1v) is 14.2. The van der Waals surface area contributed by atoms with Crippen LogP contribution in [0.5, 0.6) is 5.75 Å². The number of morpholine rings is 1. The number of fused-ring (bicyclic) bond motifs is 1. The highest BCUT2D eigenvalue weighted by atomic mass is 32.1. The summed E-state index contributed by atoms with van der Waals surface area (Å²) in [7, 11) is 0. The molecule has 2 aromatic heterocycles. The summed E-state index contributed by atoms with van der Waals surface area (Å²) in [5.74, 6) is 2.53. The predicted octanol–water partition coefficient (Wildman–Crippen LogP) is 2.19. The lowest BCUT2D eigenvalue weighted by Gasteiger charge is -2.30. The summed E-state index contributed by atoms with van der Waals surface area (Å²) in [5, 5.41) is 14.2. The molecular weight excluding hydrogens is 560 g/mol. The van der Waals surface area contributed by atoms with E-state index in [2.05, 4.69) is 37.3 Å². The van der Waals surface area contributed by atoms with E-state index in [4.69, 9.17) is 18.6 Å². The Bertz CT molecular complexity index is 1320. The van der Waals surface area contributed by atoms with Crippen LogP contribution < -0.4 is 15.0 Å². The summed E-state index contributed by atoms with van der Waals surface area (Å²) in [6, 6.07) is 8.01. The molecular formula is C29H38N6O6S. The van der Waals surface area contributed by atoms with Crippen LogP contribution in [0.4, 0.5) is 11.8 Å². The molecule has 6 rings (SSSR count). The van der Waals surface area contributed by atoms with Crippen LogP contribution in [0.3, 0.4) is 0 Å². The van der Waals surface area contributed by atoms with Gasteiger partial charge in [0.2, 0.25) is 5.95 Å². The Morgan fingerprint density at radius 2 is 1.98 bits per heavy atom. The second-order valence-corrected chi connectivity index (χ2v) is 10.7. The van der Waals surface area contributed by atoms with Crippen molar-refractivity contribution in [2.75, 3.05) is 62.8 Å². The Morgan fingerprint density at radius 3 is 2.74 bits per heavy atom. The summed E-state index contributed by atoms with van der Waals surface area (Å²) in [5.41, 5.74) is 2.84. The first-order valence-electron chi connectivity index (χ1n) is 14.2. The molecule has 0 saturated carbocycles. The van der Waals surface area contributed by atoms with E-state index in [1.807, 2.05) is 11.0 Å². The second kappa shape index (κ2) is 14.3. The number of carbonyl (C=O) groups excluding carboxylic acids is 1. The standard InChI is InChI=1S/C29H36N6O6.H2S/c36-23(15-34-6-5-20-11-24(3-1-21(20)14-34)40-18-25-13-30-19-41-25)2-4-27(37)26-12-28(31-22-16-39-17-22)33-29(32-26)35-7-9-38-10-8-35;/h1,3,11-13,19,22-23,36H,2,4-10,14-18H2,(H,31,32,33);1H2/t23-;/m0./s1. The summed E-state index contributed by atoms with van der Waals surface area (Å²) in [6.07, 6.45) is 3.87. The van der Waals surface area contributed by atoms with E-state index in [1.54, 1.807) is 12.3 Å². The van der Waals surface area contributed by atoms with Crippen molar-refractivity contribution in [1.82, 2.24) is 19.9 Å². The van der Waals surface area contributed by atoms with Crippen LogP contribution in [0.25, 0.3) is 0 Å². The van der Waals surface area contributed by atoms with Gasteiger partial charge in [-0.15, -0.1) is 0 Å². The lowest BCUT2D eigenvalue weighted by molar-refractivity contribution is 0.0209. The van der Waals surface area contributed by atoms with Crippen molar-refractivity contribution in [1.29, 1.82) is 0 Å². The van der Waals surface area contributed by atoms with E-state index >= 15 is 0 Å². The SMILES string of the molecule is O=C(CC[C@H](O)CN1CCc2cc(OCc3cnco3)ccc2C1)c1cc(NC2COC2)nc(N2CCOCC2)n1.S. The third-order valence-corrected chi connectivity index (χ3v) is 7.59. The zero-order chi connectivity index (χ0) is 28.0. The number of carbonyl (C=O) groups is 1. The molecule has 0 spiro atoms. The number of rotatable bonds is 12. The van der Waals surface area contributed by atoms with Gasteiger partial charge in [-0.25, -0.2) is 9.97 Å². The summed E-state index contributed by atoms with van der Waals surface area (Å²) >= 11 is 0. The highest BCUT2D eigenvalue weighted by Crippen LogP contribution is 2.25. The fraction of sp³-hybridized carbons (Fsp3) is 0.517. The lowest BCUT2D eigenvalue weighted by Crippen LogP contribution is -2.41. The van der Waals surface area contributed by atoms with Gasteiger partial charge in [-0.1, -0.05) is 6.07 Å². The van der Waals surface area contributed by atoms with Crippen LogP contribution in [-0.4, -0.2) is 95.5 Å². The second-order valence-electron chi connectivity index (χ2n) is 10.7. The van der Waals surface area contributed by atoms with Crippen molar-refractivity contribution in [2.45, 2.75) is 44.6 Å². The Balaban J connectivity index is 0.00000353. The van der Waals surface area contributed by atoms with Crippen LogP contribution in [0, 0.1) is 0 Å². The number of ether oxygens (including phenoxy) is 3. The molecule has 3 aliphatic rings. The molecule has 2 fully saturated rings. The average molecular weight is 599 g/mol. The number of aliphatic hydroxyl groups is 1. The summed E-state index contributed by atoms with van der Waals surface area (Å²) < 4.78 is 21.8. The van der Waals surface area contributed by atoms with Crippen molar-refractivity contribution >= 4 is 31.0 Å². The van der Waals surface area contributed by atoms with Crippen LogP contribution >= 0.6 is 13.5 Å². The zero-order valence-corrected chi connectivity index (χ0v) is 24.5. The Kier molecular flexibility index (Phi) is 10.3. The fourth-order valence-corrected chi connectivity index (χ4v) is 5.20. The monoisotopic (exact) mass is 598 g/mol. The molecule has 5 heterocycles. The van der Waals surface area contributed by atoms with Gasteiger partial charge in [0.05, 0.1) is 44.8 Å². The number of aromatic nitrogens is 3. The maximum absolute atomic E-state index is 13.2. The topological polar surface area (TPSA) is 135 Å². The Morgan fingerprint density at radius 1 is 1.12 bits per heavy atom. The number of aliphatic hydroxyl groups excluding tert-OH is 1. The minimum atomic E-state index is -0.615. The normalized spacial score (nSPS) is 18.0. The van der Waals surface area contributed by atoms with Crippen molar-refractivity contribution in [3.05, 3.63) is 59.4 Å². The Labute approximate surface area is 251 Å². The van der Waals surface area contributed by atoms with Crippen LogP contribution in [0.15, 0.2) is 41.3 Å². The van der Waals surface area contributed by atoms with E-state index < -0.39 is 6.10 Å². The van der Waals surface area contributed by atoms with E-state index in [0.717, 1.165) is 25.3 Å². The molecule has 0 aliphatic carbocycles. The number of nitrogens with zero attached hydrogens (tertiary/aromatic N) is 5. The van der Waals surface area contributed by atoms with Crippen LogP contribution in [-0.2, 0) is 29.0 Å². The minimum Gasteiger partial charge on any atom is -0.486 e. The van der Waals surface area contributed by atoms with Crippen LogP contribution in [0.1, 0.15) is 40.2 Å². The number of anilines is 2. The van der Waals surface area contributed by atoms with Gasteiger partial charge in [0.15, 0.2) is 17.9 Å². The maximum Gasteiger partial charge on any atom is 0.228 e. The number of benzene rings is 1. The first kappa shape index (κ1) is 30.2. The van der Waals surface area contributed by atoms with Gasteiger partial charge in [0.25, 0.3) is 0 Å². The average Bonchev–Trinajstić information content (AvgIpc) is 3.51. The van der Waals surface area contributed by atoms with Crippen molar-refractivity contribution < 1.29 is 28.5 Å². The van der Waals surface area contributed by atoms with E-state index in [9.17, 15) is 9.90 Å². The fourth-order valence-electron chi connectivity index (χ4n) is 5.20. The number of ketones is 1. The van der Waals surface area contributed by atoms with Crippen molar-refractivity contribution in [3.8, 4) is 5.75 Å². The number of hydrogen-bond acceptors (Lipinski definition) is 12. The maximum atomic E-state index is 13.2. The number of Topliss-reactive ketones (excluding diaryl/α,β-unsaturated/α-hetero) is 1. The van der Waals surface area contributed by atoms with Gasteiger partial charge >= 0.3 is 0 Å². The third-order valence-electron chi connectivity index (χ3n) is 7.59. The van der Waals surface area contributed by atoms with Gasteiger partial charge in [0.1, 0.15) is 23.9 Å². The Hall–Kier alpha value is -3.23. The molecule has 3 aromatic rings. The van der Waals surface area contributed by atoms with Gasteiger partial charge in [-0.2, -0.15) is 18.5 Å². The molecule has 226 valence electrons. The van der Waals surface area contributed by atoms with Gasteiger partial charge in [-0.3, -0.25) is 9.69 Å². The molecule has 1 aromatic carbocycles. The quantitative estimate of drug-likeness (QED) is 0.296. The third kappa shape index (κ3) is 7.78. The first-order chi connectivity index (χ1) is 20.1. The number of hydrogen-bond donors (Lipinski definition) is 2. The molecule has 0 radical (unpaired) electrons. The number of oxazole rings is 1. The summed E-state index contributed by atoms with van der Waals surface area (Å²) in [6.45, 7) is 6.23. The van der Waals surface area contributed by atoms with Crippen molar-refractivity contribution in [2.24, 2.45) is 0 Å². The molecule has 13 heteroatoms. The highest BCUT2D eigenvalue weighted by Gasteiger charge is 2.24. The molecule has 2 N–H and O–H groups in total. The lowest BCUT2D eigenvalue weighted by atomic mass is 9.98. The number of nitrogens with one attached hydrogen (secondary N) is 1. The number of β-amino-alcohol motifs (C(OH)–C–C–N with tert-alkyl or cyclic N) is 1. The molecule has 42 heavy (non-hydrogen) atoms. The zero-order valence-electron chi connectivity index (χ0n) is 23.5. The van der Waals surface area contributed by atoms with Gasteiger partial charge in [0, 0.05) is 45.2 Å². The van der Waals surface area contributed by atoms with Gasteiger partial charge in [-0.05, 0) is 36.1 Å². The smallest absolute Gasteiger partial charge is 0.228 e. The highest BCUT2D eigenvalue weighted by molar-refractivity contribution is 7.59. The predicted molar refractivity (Wildman–Crippen MR) is 160 cm³/mol. The molecule has 12 nitrogen and oxygen atoms in total. The molecule has 3 aliphatic heterocycles. The van der Waals surface area contributed by atoms with E-state index in [0.29, 0.717) is 82.3 Å². The van der Waals surface area contributed by atoms with Crippen LogP contribution in [0.2, 0.25) is 0 Å². The van der Waals surface area contributed by atoms with Gasteiger partial charge < -0.3 is 34.0 Å². The van der Waals surface area contributed by atoms with E-state index in [-0.39, 0.29) is 31.7 Å². The van der Waals surface area contributed by atoms with Crippen molar-refractivity contribution in [3.63, 3.8) is 0 Å². The minimum absolute atomic E-state index is 0.